The summed E-state index contributed by atoms with van der Waals surface area (Å²) in [5, 5.41) is 9.84. The molecule has 0 unspecified atom stereocenters. The van der Waals surface area contributed by atoms with Gasteiger partial charge in [-0.25, -0.2) is 0 Å². The molecule has 2 heterocycles. The molecule has 2 aliphatic heterocycles. The van der Waals surface area contributed by atoms with Gasteiger partial charge >= 0.3 is 0 Å². The Balaban J connectivity index is 1.73. The number of hydrogen-bond acceptors (Lipinski definition) is 4. The first-order valence-corrected chi connectivity index (χ1v) is 9.80. The van der Waals surface area contributed by atoms with Crippen LogP contribution in [0.4, 0.5) is 0 Å². The van der Waals surface area contributed by atoms with Gasteiger partial charge in [0.15, 0.2) is 0 Å². The average Bonchev–Trinajstić information content (AvgIpc) is 2.66. The quantitative estimate of drug-likeness (QED) is 0.795. The highest BCUT2D eigenvalue weighted by Crippen LogP contribution is 2.38. The predicted octanol–water partition coefficient (Wildman–Crippen LogP) is 1.59. The van der Waals surface area contributed by atoms with Gasteiger partial charge in [-0.1, -0.05) is 23.7 Å². The summed E-state index contributed by atoms with van der Waals surface area (Å²) in [5.74, 6) is 0.0997. The Morgan fingerprint density at radius 1 is 1.26 bits per heavy atom. The van der Waals surface area contributed by atoms with Crippen molar-refractivity contribution >= 4 is 23.4 Å². The summed E-state index contributed by atoms with van der Waals surface area (Å²) in [4.78, 5) is 29.2. The van der Waals surface area contributed by atoms with Crippen molar-refractivity contribution in [3.8, 4) is 0 Å². The van der Waals surface area contributed by atoms with Crippen molar-refractivity contribution in [2.24, 2.45) is 11.3 Å². The molecule has 1 aromatic rings. The van der Waals surface area contributed by atoms with Crippen LogP contribution in [0.5, 0.6) is 0 Å². The van der Waals surface area contributed by atoms with Crippen molar-refractivity contribution in [3.05, 3.63) is 34.9 Å². The summed E-state index contributed by atoms with van der Waals surface area (Å²) >= 11 is 5.97. The fourth-order valence-corrected chi connectivity index (χ4v) is 4.14. The summed E-state index contributed by atoms with van der Waals surface area (Å²) in [6.45, 7) is 2.29. The van der Waals surface area contributed by atoms with Crippen molar-refractivity contribution < 1.29 is 19.4 Å². The molecule has 7 heteroatoms. The number of nitrogens with zero attached hydrogens (tertiary/aromatic N) is 2. The van der Waals surface area contributed by atoms with E-state index in [0.29, 0.717) is 37.7 Å². The number of aliphatic hydroxyl groups excluding tert-OH is 1. The second kappa shape index (κ2) is 8.59. The molecule has 2 fully saturated rings. The van der Waals surface area contributed by atoms with E-state index < -0.39 is 5.41 Å². The third-order valence-electron chi connectivity index (χ3n) is 5.56. The summed E-state index contributed by atoms with van der Waals surface area (Å²) in [6, 6.07) is 7.48. The molecule has 0 bridgehead atoms. The van der Waals surface area contributed by atoms with Gasteiger partial charge < -0.3 is 19.6 Å². The molecule has 27 heavy (non-hydrogen) atoms. The highest BCUT2D eigenvalue weighted by molar-refractivity contribution is 6.30. The van der Waals surface area contributed by atoms with Gasteiger partial charge in [0, 0.05) is 50.8 Å². The van der Waals surface area contributed by atoms with Crippen molar-refractivity contribution in [3.63, 3.8) is 0 Å². The lowest BCUT2D eigenvalue weighted by Crippen LogP contribution is -2.66. The Labute approximate surface area is 165 Å². The van der Waals surface area contributed by atoms with Gasteiger partial charge in [-0.2, -0.15) is 0 Å². The highest BCUT2D eigenvalue weighted by atomic mass is 35.5. The van der Waals surface area contributed by atoms with E-state index in [-0.39, 0.29) is 30.9 Å². The molecule has 6 nitrogen and oxygen atoms in total. The van der Waals surface area contributed by atoms with Crippen LogP contribution in [-0.4, -0.2) is 73.2 Å². The normalized spacial score (nSPS) is 19.4. The van der Waals surface area contributed by atoms with Crippen molar-refractivity contribution in [1.29, 1.82) is 0 Å². The first-order chi connectivity index (χ1) is 12.9. The Morgan fingerprint density at radius 2 is 1.89 bits per heavy atom. The SMILES string of the molecule is CN(CCO)C(=O)C1(Cc2ccc(Cl)cc2)CN(C(=O)C2CCOCC2)C1. The minimum absolute atomic E-state index is 0.00226. The van der Waals surface area contributed by atoms with E-state index in [1.165, 1.54) is 0 Å². The lowest BCUT2D eigenvalue weighted by molar-refractivity contribution is -0.163. The molecule has 1 aromatic carbocycles. The smallest absolute Gasteiger partial charge is 0.232 e. The van der Waals surface area contributed by atoms with Crippen molar-refractivity contribution in [2.75, 3.05) is 46.5 Å². The number of rotatable bonds is 6. The van der Waals surface area contributed by atoms with Crippen LogP contribution in [0.15, 0.2) is 24.3 Å². The van der Waals surface area contributed by atoms with Gasteiger partial charge in [-0.3, -0.25) is 9.59 Å². The summed E-state index contributed by atoms with van der Waals surface area (Å²) in [7, 11) is 1.70. The summed E-state index contributed by atoms with van der Waals surface area (Å²) in [6.07, 6.45) is 2.05. The molecule has 0 saturated carbocycles. The number of likely N-dealkylation sites (tertiary alicyclic amines) is 1. The Morgan fingerprint density at radius 3 is 2.48 bits per heavy atom. The van der Waals surface area contributed by atoms with Crippen LogP contribution in [0, 0.1) is 11.3 Å². The van der Waals surface area contributed by atoms with E-state index in [1.54, 1.807) is 16.8 Å². The van der Waals surface area contributed by atoms with Crippen LogP contribution < -0.4 is 0 Å². The van der Waals surface area contributed by atoms with Gasteiger partial charge in [0.1, 0.15) is 0 Å². The highest BCUT2D eigenvalue weighted by Gasteiger charge is 2.52. The molecule has 1 N–H and O–H groups in total. The third kappa shape index (κ3) is 4.45. The molecule has 0 radical (unpaired) electrons. The Kier molecular flexibility index (Phi) is 6.40. The number of likely N-dealkylation sites (N-methyl/N-ethyl adjacent to an activating group) is 1. The number of ether oxygens (including phenoxy) is 1. The van der Waals surface area contributed by atoms with Gasteiger partial charge in [-0.05, 0) is 37.0 Å². The molecular weight excluding hydrogens is 368 g/mol. The molecule has 148 valence electrons. The van der Waals surface area contributed by atoms with Crippen LogP contribution in [-0.2, 0) is 20.7 Å². The molecule has 0 spiro atoms. The Hall–Kier alpha value is -1.63. The van der Waals surface area contributed by atoms with Gasteiger partial charge in [0.25, 0.3) is 0 Å². The zero-order valence-electron chi connectivity index (χ0n) is 15.7. The van der Waals surface area contributed by atoms with Crippen molar-refractivity contribution in [2.45, 2.75) is 19.3 Å². The summed E-state index contributed by atoms with van der Waals surface area (Å²) in [5.41, 5.74) is 0.377. The number of hydrogen-bond donors (Lipinski definition) is 1. The zero-order chi connectivity index (χ0) is 19.4. The minimum Gasteiger partial charge on any atom is -0.395 e. The minimum atomic E-state index is -0.640. The molecule has 2 saturated heterocycles. The number of carbonyl (C=O) groups is 2. The topological polar surface area (TPSA) is 70.1 Å². The van der Waals surface area contributed by atoms with Crippen LogP contribution in [0.1, 0.15) is 18.4 Å². The lowest BCUT2D eigenvalue weighted by Gasteiger charge is -2.51. The van der Waals surface area contributed by atoms with Crippen molar-refractivity contribution in [1.82, 2.24) is 9.80 Å². The second-order valence-electron chi connectivity index (χ2n) is 7.61. The molecule has 0 aromatic heterocycles. The van der Waals surface area contributed by atoms with E-state index in [1.807, 2.05) is 24.3 Å². The molecule has 2 aliphatic rings. The van der Waals surface area contributed by atoms with Crippen LogP contribution in [0.2, 0.25) is 5.02 Å². The maximum atomic E-state index is 13.1. The van der Waals surface area contributed by atoms with Gasteiger partial charge in [-0.15, -0.1) is 0 Å². The standard InChI is InChI=1S/C20H27ClN2O4/c1-22(8-9-24)19(26)20(12-15-2-4-17(21)5-3-15)13-23(14-20)18(25)16-6-10-27-11-7-16/h2-5,16,24H,6-14H2,1H3. The molecule has 3 rings (SSSR count). The zero-order valence-corrected chi connectivity index (χ0v) is 16.5. The molecule has 2 amide bonds. The molecular formula is C20H27ClN2O4. The fourth-order valence-electron chi connectivity index (χ4n) is 4.02. The Bertz CT molecular complexity index is 667. The van der Waals surface area contributed by atoms with E-state index in [2.05, 4.69) is 0 Å². The predicted molar refractivity (Wildman–Crippen MR) is 102 cm³/mol. The monoisotopic (exact) mass is 394 g/mol. The lowest BCUT2D eigenvalue weighted by atomic mass is 9.72. The first kappa shape index (κ1) is 20.1. The fraction of sp³-hybridized carbons (Fsp3) is 0.600. The number of amides is 2. The summed E-state index contributed by atoms with van der Waals surface area (Å²) < 4.78 is 5.34. The van der Waals surface area contributed by atoms with Gasteiger partial charge in [0.05, 0.1) is 12.0 Å². The van der Waals surface area contributed by atoms with E-state index >= 15 is 0 Å². The number of benzene rings is 1. The molecule has 0 atom stereocenters. The maximum Gasteiger partial charge on any atom is 0.232 e. The van der Waals surface area contributed by atoms with Crippen LogP contribution >= 0.6 is 11.6 Å². The number of halogens is 1. The average molecular weight is 395 g/mol. The van der Waals surface area contributed by atoms with E-state index in [9.17, 15) is 14.7 Å². The largest absolute Gasteiger partial charge is 0.395 e. The second-order valence-corrected chi connectivity index (χ2v) is 8.05. The van der Waals surface area contributed by atoms with E-state index in [4.69, 9.17) is 16.3 Å². The van der Waals surface area contributed by atoms with Crippen LogP contribution in [0.25, 0.3) is 0 Å². The third-order valence-corrected chi connectivity index (χ3v) is 5.81. The maximum absolute atomic E-state index is 13.1. The first-order valence-electron chi connectivity index (χ1n) is 9.42. The van der Waals surface area contributed by atoms with Gasteiger partial charge in [0.2, 0.25) is 11.8 Å². The number of carbonyl (C=O) groups excluding carboxylic acids is 2. The number of aliphatic hydroxyl groups is 1. The van der Waals surface area contributed by atoms with Crippen LogP contribution in [0.3, 0.4) is 0 Å². The molecule has 0 aliphatic carbocycles. The van der Waals surface area contributed by atoms with E-state index in [0.717, 1.165) is 18.4 Å².